The van der Waals surface area contributed by atoms with E-state index in [4.69, 9.17) is 24.5 Å². The number of rotatable bonds is 0. The van der Waals surface area contributed by atoms with Crippen LogP contribution in [-0.2, 0) is 4.57 Å². The van der Waals surface area contributed by atoms with Crippen molar-refractivity contribution >= 4 is 7.82 Å². The van der Waals surface area contributed by atoms with Crippen molar-refractivity contribution in [3.8, 4) is 6.07 Å². The predicted molar refractivity (Wildman–Crippen MR) is 18.9 cm³/mol. The van der Waals surface area contributed by atoms with Crippen molar-refractivity contribution in [3.63, 3.8) is 0 Å². The number of nitrogens with zero attached hydrogens (tertiary/aromatic N) is 1. The zero-order valence-corrected chi connectivity index (χ0v) is 13.9. The molecule has 9 heteroatoms. The van der Waals surface area contributed by atoms with E-state index in [9.17, 15) is 0 Å². The summed E-state index contributed by atoms with van der Waals surface area (Å²) in [6.45, 7) is 1.43. The first kappa shape index (κ1) is 29.2. The van der Waals surface area contributed by atoms with Crippen LogP contribution in [0.25, 0.3) is 0 Å². The molecule has 0 amide bonds. The number of hydrogen-bond acceptors (Lipinski definition) is 5. The minimum atomic E-state index is -5.39. The molecule has 11 heavy (non-hydrogen) atoms. The second-order valence-electron chi connectivity index (χ2n) is 0.671. The molecule has 0 radical (unpaired) electrons. The minimum absolute atomic E-state index is 0. The largest absolute Gasteiger partial charge is 1.00 e. The summed E-state index contributed by atoms with van der Waals surface area (Å²) in [4.78, 5) is 25.6. The van der Waals surface area contributed by atoms with Gasteiger partial charge in [0.1, 0.15) is 0 Å². The molecule has 0 aromatic carbocycles. The zero-order chi connectivity index (χ0) is 7.21. The van der Waals surface area contributed by atoms with Crippen molar-refractivity contribution in [3.05, 3.63) is 0 Å². The van der Waals surface area contributed by atoms with E-state index in [2.05, 4.69) is 0 Å². The number of hydrogen-bond donors (Lipinski definition) is 0. The topological polar surface area (TPSA) is 110 Å². The quantitative estimate of drug-likeness (QED) is 0.288. The molecule has 0 aliphatic carbocycles. The van der Waals surface area contributed by atoms with Crippen LogP contribution in [0.15, 0.2) is 0 Å². The fourth-order valence-electron chi connectivity index (χ4n) is 0. The standard InChI is InChI=1S/C2H3N.3Na.H3O4P/c1-2-3;;;;1-5(2,3)4/h1H3;;;;(H3,1,2,3,4)/q;3*+1;/p-3. The average Bonchev–Trinajstić information content (AvgIpc) is 1.27. The Bertz CT molecular complexity index is 122. The average molecular weight is 205 g/mol. The van der Waals surface area contributed by atoms with Crippen molar-refractivity contribution in [2.45, 2.75) is 6.92 Å². The van der Waals surface area contributed by atoms with Gasteiger partial charge in [-0.05, 0) is 0 Å². The van der Waals surface area contributed by atoms with Gasteiger partial charge in [-0.15, -0.1) is 0 Å². The Labute approximate surface area is 132 Å². The van der Waals surface area contributed by atoms with E-state index in [1.54, 1.807) is 6.07 Å². The molecule has 0 unspecified atom stereocenters. The van der Waals surface area contributed by atoms with Crippen LogP contribution in [0.3, 0.4) is 0 Å². The molecule has 0 aliphatic rings. The summed E-state index contributed by atoms with van der Waals surface area (Å²) in [5.74, 6) is 0. The Morgan fingerprint density at radius 2 is 1.18 bits per heavy atom. The molecule has 0 heterocycles. The second kappa shape index (κ2) is 18.4. The molecular formula is C2H3NNa3O4P. The molecule has 0 aromatic heterocycles. The summed E-state index contributed by atoms with van der Waals surface area (Å²) in [7, 11) is -5.39. The van der Waals surface area contributed by atoms with Crippen LogP contribution in [-0.4, -0.2) is 0 Å². The van der Waals surface area contributed by atoms with Gasteiger partial charge < -0.3 is 19.2 Å². The van der Waals surface area contributed by atoms with Gasteiger partial charge in [-0.2, -0.15) is 13.1 Å². The minimum Gasteiger partial charge on any atom is -0.822 e. The van der Waals surface area contributed by atoms with Gasteiger partial charge in [0.15, 0.2) is 0 Å². The van der Waals surface area contributed by atoms with E-state index >= 15 is 0 Å². The third kappa shape index (κ3) is 209. The Balaban J connectivity index is -0.0000000183. The van der Waals surface area contributed by atoms with Crippen LogP contribution in [0.2, 0.25) is 0 Å². The van der Waals surface area contributed by atoms with E-state index in [1.807, 2.05) is 0 Å². The maximum absolute atomic E-state index is 8.55. The Kier molecular flexibility index (Phi) is 48.8. The van der Waals surface area contributed by atoms with Crippen LogP contribution < -0.4 is 103 Å². The van der Waals surface area contributed by atoms with E-state index in [0.717, 1.165) is 0 Å². The van der Waals surface area contributed by atoms with Gasteiger partial charge in [0.25, 0.3) is 0 Å². The molecular weight excluding hydrogens is 202 g/mol. The predicted octanol–water partition coefficient (Wildman–Crippen LogP) is -11.3. The monoisotopic (exact) mass is 205 g/mol. The molecule has 0 saturated heterocycles. The number of nitriles is 1. The van der Waals surface area contributed by atoms with Crippen LogP contribution in [0.4, 0.5) is 0 Å². The van der Waals surface area contributed by atoms with Gasteiger partial charge in [0.2, 0.25) is 0 Å². The molecule has 0 aliphatic heterocycles. The van der Waals surface area contributed by atoms with Gasteiger partial charge in [-0.25, -0.2) is 0 Å². The summed E-state index contributed by atoms with van der Waals surface area (Å²) in [5, 5.41) is 7.32. The van der Waals surface area contributed by atoms with Gasteiger partial charge in [0, 0.05) is 6.92 Å². The molecule has 0 bridgehead atoms. The third-order valence-corrected chi connectivity index (χ3v) is 0. The summed E-state index contributed by atoms with van der Waals surface area (Å²) in [5.41, 5.74) is 0. The summed E-state index contributed by atoms with van der Waals surface area (Å²) >= 11 is 0. The first-order chi connectivity index (χ1) is 3.41. The fraction of sp³-hybridized carbons (Fsp3) is 0.500. The van der Waals surface area contributed by atoms with Crippen LogP contribution >= 0.6 is 7.82 Å². The smallest absolute Gasteiger partial charge is 0.822 e. The molecule has 0 fully saturated rings. The summed E-state index contributed by atoms with van der Waals surface area (Å²) in [6, 6.07) is 1.75. The van der Waals surface area contributed by atoms with Crippen molar-refractivity contribution in [1.29, 1.82) is 5.26 Å². The van der Waals surface area contributed by atoms with Crippen LogP contribution in [0, 0.1) is 11.3 Å². The SMILES string of the molecule is CC#N.O=P([O-])([O-])[O-].[Na+].[Na+].[Na+]. The van der Waals surface area contributed by atoms with Crippen LogP contribution in [0.1, 0.15) is 6.92 Å². The molecule has 0 rings (SSSR count). The van der Waals surface area contributed by atoms with E-state index in [0.29, 0.717) is 0 Å². The van der Waals surface area contributed by atoms with Gasteiger partial charge in [0.05, 0.1) is 6.07 Å². The normalized spacial score (nSPS) is 6.09. The summed E-state index contributed by atoms with van der Waals surface area (Å²) in [6.07, 6.45) is 0. The van der Waals surface area contributed by atoms with Gasteiger partial charge >= 0.3 is 88.7 Å². The Hall–Kier alpha value is 2.60. The van der Waals surface area contributed by atoms with Crippen molar-refractivity contribution in [2.24, 2.45) is 0 Å². The van der Waals surface area contributed by atoms with Gasteiger partial charge in [-0.3, -0.25) is 0 Å². The maximum atomic E-state index is 8.55. The molecule has 0 atom stereocenters. The van der Waals surface area contributed by atoms with Crippen molar-refractivity contribution < 1.29 is 108 Å². The number of phosphoric acid groups is 1. The fourth-order valence-corrected chi connectivity index (χ4v) is 0. The molecule has 48 valence electrons. The van der Waals surface area contributed by atoms with Gasteiger partial charge in [-0.1, -0.05) is 0 Å². The van der Waals surface area contributed by atoms with E-state index in [1.165, 1.54) is 6.92 Å². The van der Waals surface area contributed by atoms with Crippen LogP contribution in [0.5, 0.6) is 0 Å². The molecule has 0 N–H and O–H groups in total. The van der Waals surface area contributed by atoms with Crippen molar-refractivity contribution in [2.75, 3.05) is 0 Å². The molecule has 5 nitrogen and oxygen atoms in total. The van der Waals surface area contributed by atoms with Crippen molar-refractivity contribution in [1.82, 2.24) is 0 Å². The third-order valence-electron chi connectivity index (χ3n) is 0. The zero-order valence-electron chi connectivity index (χ0n) is 7.03. The Morgan fingerprint density at radius 3 is 1.18 bits per heavy atom. The maximum Gasteiger partial charge on any atom is 1.00 e. The molecule has 0 saturated carbocycles. The molecule has 0 spiro atoms. The summed E-state index contributed by atoms with van der Waals surface area (Å²) < 4.78 is 8.55. The first-order valence-electron chi connectivity index (χ1n) is 1.45. The van der Waals surface area contributed by atoms with E-state index in [-0.39, 0.29) is 88.7 Å². The first-order valence-corrected chi connectivity index (χ1v) is 2.91. The molecule has 0 aromatic rings. The Morgan fingerprint density at radius 1 is 1.18 bits per heavy atom. The second-order valence-corrected chi connectivity index (χ2v) is 1.57. The van der Waals surface area contributed by atoms with E-state index < -0.39 is 7.82 Å².